The highest BCUT2D eigenvalue weighted by molar-refractivity contribution is 6.39. The molecule has 0 saturated carbocycles. The number of urea groups is 1. The van der Waals surface area contributed by atoms with Crippen LogP contribution in [0.25, 0.3) is 6.08 Å². The summed E-state index contributed by atoms with van der Waals surface area (Å²) in [4.78, 5) is 44.6. The van der Waals surface area contributed by atoms with Crippen molar-refractivity contribution >= 4 is 35.3 Å². The highest BCUT2D eigenvalue weighted by Crippen LogP contribution is 2.50. The lowest BCUT2D eigenvalue weighted by atomic mass is 9.76. The SMILES string of the molecule is COc1ccc(/C=C2\C(=O)NC(=O)N(c3cc4c5c(c3)[C@H](c3ccccc3)CCN5CC[C@@H]4c3ccccc3)C2=O)c(OC(C)C)c1. The second kappa shape index (κ2) is 12.4. The number of amides is 4. The van der Waals surface area contributed by atoms with E-state index in [1.54, 1.807) is 25.3 Å². The Balaban J connectivity index is 1.37. The molecule has 2 atom stereocenters. The molecule has 7 rings (SSSR count). The summed E-state index contributed by atoms with van der Waals surface area (Å²) in [5, 5.41) is 2.42. The molecule has 4 amide bonds. The van der Waals surface area contributed by atoms with E-state index in [2.05, 4.69) is 34.5 Å². The van der Waals surface area contributed by atoms with Gasteiger partial charge in [-0.2, -0.15) is 0 Å². The van der Waals surface area contributed by atoms with E-state index in [0.29, 0.717) is 22.7 Å². The Morgan fingerprint density at radius 2 is 1.40 bits per heavy atom. The molecule has 4 aromatic carbocycles. The number of ether oxygens (including phenoxy) is 2. The average Bonchev–Trinajstić information content (AvgIpc) is 3.08. The summed E-state index contributed by atoms with van der Waals surface area (Å²) >= 11 is 0. The monoisotopic (exact) mass is 627 g/mol. The van der Waals surface area contributed by atoms with Crippen molar-refractivity contribution in [1.82, 2.24) is 5.32 Å². The lowest BCUT2D eigenvalue weighted by Gasteiger charge is -2.44. The van der Waals surface area contributed by atoms with Crippen LogP contribution >= 0.6 is 0 Å². The van der Waals surface area contributed by atoms with Crippen LogP contribution in [0.5, 0.6) is 11.5 Å². The summed E-state index contributed by atoms with van der Waals surface area (Å²) in [5.41, 5.74) is 6.54. The Kier molecular flexibility index (Phi) is 8.02. The molecule has 0 unspecified atom stereocenters. The number of anilines is 2. The Morgan fingerprint density at radius 3 is 1.96 bits per heavy atom. The first kappa shape index (κ1) is 30.3. The number of barbiturate groups is 1. The molecule has 1 saturated heterocycles. The second-order valence-corrected chi connectivity index (χ2v) is 12.5. The smallest absolute Gasteiger partial charge is 0.335 e. The van der Waals surface area contributed by atoms with Gasteiger partial charge in [0.15, 0.2) is 0 Å². The zero-order chi connectivity index (χ0) is 32.7. The number of carbonyl (C=O) groups excluding carboxylic acids is 3. The Bertz CT molecular complexity index is 1810. The molecule has 3 aliphatic rings. The molecule has 0 aromatic heterocycles. The van der Waals surface area contributed by atoms with Crippen molar-refractivity contribution in [3.63, 3.8) is 0 Å². The molecule has 0 spiro atoms. The molecule has 8 nitrogen and oxygen atoms in total. The van der Waals surface area contributed by atoms with Gasteiger partial charge < -0.3 is 14.4 Å². The largest absolute Gasteiger partial charge is 0.497 e. The first-order chi connectivity index (χ1) is 22.8. The summed E-state index contributed by atoms with van der Waals surface area (Å²) in [7, 11) is 1.56. The van der Waals surface area contributed by atoms with Crippen LogP contribution in [-0.2, 0) is 9.59 Å². The maximum atomic E-state index is 14.3. The van der Waals surface area contributed by atoms with Crippen molar-refractivity contribution < 1.29 is 23.9 Å². The van der Waals surface area contributed by atoms with E-state index in [1.165, 1.54) is 22.9 Å². The first-order valence-corrected chi connectivity index (χ1v) is 16.1. The topological polar surface area (TPSA) is 88.2 Å². The third kappa shape index (κ3) is 5.65. The van der Waals surface area contributed by atoms with Crippen LogP contribution in [0.2, 0.25) is 0 Å². The number of hydrogen-bond acceptors (Lipinski definition) is 6. The van der Waals surface area contributed by atoms with Crippen molar-refractivity contribution in [2.75, 3.05) is 30.0 Å². The molecule has 1 fully saturated rings. The molecule has 0 aliphatic carbocycles. The van der Waals surface area contributed by atoms with E-state index in [0.717, 1.165) is 42.0 Å². The minimum absolute atomic E-state index is 0.0883. The predicted octanol–water partition coefficient (Wildman–Crippen LogP) is 7.03. The number of methoxy groups -OCH3 is 1. The average molecular weight is 628 g/mol. The van der Waals surface area contributed by atoms with Gasteiger partial charge in [0.25, 0.3) is 11.8 Å². The number of nitrogens with one attached hydrogen (secondary N) is 1. The Labute approximate surface area is 274 Å². The first-order valence-electron chi connectivity index (χ1n) is 16.1. The van der Waals surface area contributed by atoms with Crippen molar-refractivity contribution in [2.45, 2.75) is 44.6 Å². The van der Waals surface area contributed by atoms with Gasteiger partial charge >= 0.3 is 6.03 Å². The number of benzene rings is 4. The third-order valence-corrected chi connectivity index (χ3v) is 9.24. The van der Waals surface area contributed by atoms with E-state index in [1.807, 2.05) is 62.4 Å². The molecule has 47 heavy (non-hydrogen) atoms. The van der Waals surface area contributed by atoms with Crippen LogP contribution < -0.4 is 24.6 Å². The normalized spacial score (nSPS) is 19.9. The lowest BCUT2D eigenvalue weighted by Crippen LogP contribution is -2.54. The zero-order valence-electron chi connectivity index (χ0n) is 26.7. The highest BCUT2D eigenvalue weighted by atomic mass is 16.5. The maximum Gasteiger partial charge on any atom is 0.335 e. The van der Waals surface area contributed by atoms with E-state index in [-0.39, 0.29) is 23.5 Å². The Morgan fingerprint density at radius 1 is 0.809 bits per heavy atom. The maximum absolute atomic E-state index is 14.3. The molecule has 0 radical (unpaired) electrons. The van der Waals surface area contributed by atoms with Gasteiger partial charge in [-0.1, -0.05) is 60.7 Å². The second-order valence-electron chi connectivity index (χ2n) is 12.5. The summed E-state index contributed by atoms with van der Waals surface area (Å²) in [6, 6.07) is 29.1. The molecule has 0 bridgehead atoms. The molecular formula is C39H37N3O5. The number of carbonyl (C=O) groups is 3. The molecule has 238 valence electrons. The van der Waals surface area contributed by atoms with Gasteiger partial charge in [0, 0.05) is 42.2 Å². The van der Waals surface area contributed by atoms with Crippen molar-refractivity contribution in [1.29, 1.82) is 0 Å². The van der Waals surface area contributed by atoms with Gasteiger partial charge in [0.2, 0.25) is 0 Å². The summed E-state index contributed by atoms with van der Waals surface area (Å²) < 4.78 is 11.4. The van der Waals surface area contributed by atoms with Crippen LogP contribution in [0.1, 0.15) is 66.3 Å². The van der Waals surface area contributed by atoms with E-state index >= 15 is 0 Å². The van der Waals surface area contributed by atoms with Crippen molar-refractivity contribution in [3.05, 3.63) is 124 Å². The van der Waals surface area contributed by atoms with Crippen LogP contribution in [-0.4, -0.2) is 44.1 Å². The zero-order valence-corrected chi connectivity index (χ0v) is 26.7. The standard InChI is InChI=1S/C39H37N3O5/c1-24(2)47-35-23-29(46-3)15-14-27(35)20-34-37(43)40-39(45)42(38(34)44)28-21-32-30(25-10-6-4-7-11-25)16-18-41-19-17-31(33(22-28)36(32)41)26-12-8-5-9-13-26/h4-15,20-24,30-31H,16-19H2,1-3H3,(H,40,43,45)/b34-20+/t30-,31+. The summed E-state index contributed by atoms with van der Waals surface area (Å²) in [5.74, 6) is -0.219. The minimum atomic E-state index is -0.770. The fourth-order valence-corrected chi connectivity index (χ4v) is 7.13. The van der Waals surface area contributed by atoms with E-state index < -0.39 is 17.8 Å². The minimum Gasteiger partial charge on any atom is -0.497 e. The van der Waals surface area contributed by atoms with Crippen LogP contribution in [0.15, 0.2) is 96.6 Å². The van der Waals surface area contributed by atoms with Gasteiger partial charge in [0.05, 0.1) is 18.9 Å². The Hall–Kier alpha value is -5.37. The summed E-state index contributed by atoms with van der Waals surface area (Å²) in [6.07, 6.45) is 3.15. The number of rotatable bonds is 7. The van der Waals surface area contributed by atoms with Gasteiger partial charge in [-0.05, 0) is 79.3 Å². The molecule has 4 aromatic rings. The molecule has 3 aliphatic heterocycles. The van der Waals surface area contributed by atoms with Gasteiger partial charge in [0.1, 0.15) is 17.1 Å². The van der Waals surface area contributed by atoms with E-state index in [4.69, 9.17) is 9.47 Å². The highest BCUT2D eigenvalue weighted by Gasteiger charge is 2.40. The number of imide groups is 2. The third-order valence-electron chi connectivity index (χ3n) is 9.24. The molecular weight excluding hydrogens is 590 g/mol. The van der Waals surface area contributed by atoms with Gasteiger partial charge in [-0.25, -0.2) is 9.69 Å². The molecule has 8 heteroatoms. The van der Waals surface area contributed by atoms with Crippen molar-refractivity contribution in [3.8, 4) is 11.5 Å². The van der Waals surface area contributed by atoms with Gasteiger partial charge in [-0.15, -0.1) is 0 Å². The van der Waals surface area contributed by atoms with Crippen LogP contribution in [0.4, 0.5) is 16.2 Å². The molecule has 3 heterocycles. The van der Waals surface area contributed by atoms with E-state index in [9.17, 15) is 14.4 Å². The summed E-state index contributed by atoms with van der Waals surface area (Å²) in [6.45, 7) is 5.63. The predicted molar refractivity (Wildman–Crippen MR) is 182 cm³/mol. The fourth-order valence-electron chi connectivity index (χ4n) is 7.13. The number of hydrogen-bond donors (Lipinski definition) is 1. The van der Waals surface area contributed by atoms with Gasteiger partial charge in [-0.3, -0.25) is 14.9 Å². The number of nitrogens with zero attached hydrogens (tertiary/aromatic N) is 2. The quantitative estimate of drug-likeness (QED) is 0.175. The van der Waals surface area contributed by atoms with Crippen LogP contribution in [0.3, 0.4) is 0 Å². The lowest BCUT2D eigenvalue weighted by molar-refractivity contribution is -0.122. The van der Waals surface area contributed by atoms with Crippen molar-refractivity contribution in [2.24, 2.45) is 0 Å². The fraction of sp³-hybridized carbons (Fsp3) is 0.256. The van der Waals surface area contributed by atoms with Crippen LogP contribution in [0, 0.1) is 0 Å². The molecule has 1 N–H and O–H groups in total.